The van der Waals surface area contributed by atoms with Gasteiger partial charge in [-0.15, -0.1) is 0 Å². The number of nitrogens with one attached hydrogen (secondary N) is 1. The van der Waals surface area contributed by atoms with E-state index in [1.54, 1.807) is 12.1 Å². The number of carboxylic acid groups (broad SMARTS) is 1. The molecular weight excluding hydrogens is 418 g/mol. The van der Waals surface area contributed by atoms with Crippen molar-refractivity contribution in [3.63, 3.8) is 0 Å². The van der Waals surface area contributed by atoms with Gasteiger partial charge in [-0.05, 0) is 58.2 Å². The highest BCUT2D eigenvalue weighted by molar-refractivity contribution is 5.73. The van der Waals surface area contributed by atoms with Gasteiger partial charge in [0.05, 0.1) is 17.9 Å². The molecule has 0 radical (unpaired) electrons. The monoisotopic (exact) mass is 455 g/mol. The predicted octanol–water partition coefficient (Wildman–Crippen LogP) is 2.26. The molecule has 0 aliphatic carbocycles. The molecule has 182 valence electrons. The summed E-state index contributed by atoms with van der Waals surface area (Å²) in [5, 5.41) is 42.9. The Balaban J connectivity index is 2.31. The number of anilines is 1. The zero-order valence-corrected chi connectivity index (χ0v) is 19.7. The van der Waals surface area contributed by atoms with Crippen molar-refractivity contribution < 1.29 is 39.4 Å². The van der Waals surface area contributed by atoms with Crippen LogP contribution in [-0.2, 0) is 20.9 Å². The first-order valence-electron chi connectivity index (χ1n) is 10.9. The zero-order valence-electron chi connectivity index (χ0n) is 19.7. The van der Waals surface area contributed by atoms with Crippen molar-refractivity contribution in [1.29, 1.82) is 0 Å². The smallest absolute Gasteiger partial charge is 0.335 e. The topological polar surface area (TPSA) is 138 Å². The van der Waals surface area contributed by atoms with Gasteiger partial charge in [-0.3, -0.25) is 0 Å². The van der Waals surface area contributed by atoms with Gasteiger partial charge in [0.1, 0.15) is 24.1 Å². The van der Waals surface area contributed by atoms with Crippen LogP contribution in [0, 0.1) is 0 Å². The summed E-state index contributed by atoms with van der Waals surface area (Å²) >= 11 is 0. The van der Waals surface area contributed by atoms with Gasteiger partial charge in [0.15, 0.2) is 6.10 Å². The van der Waals surface area contributed by atoms with Crippen molar-refractivity contribution in [1.82, 2.24) is 0 Å². The maximum atomic E-state index is 11.4. The zero-order chi connectivity index (χ0) is 24.3. The summed E-state index contributed by atoms with van der Waals surface area (Å²) in [6, 6.07) is 5.35. The summed E-state index contributed by atoms with van der Waals surface area (Å²) < 4.78 is 17.1. The fraction of sp³-hybridized carbons (Fsp3) is 0.696. The predicted molar refractivity (Wildman–Crippen MR) is 119 cm³/mol. The highest BCUT2D eigenvalue weighted by atomic mass is 16.7. The Kier molecular flexibility index (Phi) is 8.52. The van der Waals surface area contributed by atoms with Crippen molar-refractivity contribution in [2.75, 3.05) is 5.32 Å². The van der Waals surface area contributed by atoms with Crippen LogP contribution in [0.2, 0.25) is 0 Å². The maximum Gasteiger partial charge on any atom is 0.335 e. The minimum absolute atomic E-state index is 0.270. The van der Waals surface area contributed by atoms with Crippen LogP contribution in [0.1, 0.15) is 59.9 Å². The first-order chi connectivity index (χ1) is 14.8. The molecule has 1 saturated heterocycles. The SMILES string of the molecule is CCC(C)(C)Nc1cc(COC(C)(C)CC)ccc1OC1OC(C(=O)O)C(O)C(O)C1O. The van der Waals surface area contributed by atoms with Gasteiger partial charge in [-0.1, -0.05) is 19.9 Å². The van der Waals surface area contributed by atoms with E-state index in [1.165, 1.54) is 0 Å². The second-order valence-corrected chi connectivity index (χ2v) is 9.45. The number of carboxylic acids is 1. The Morgan fingerprint density at radius 3 is 2.28 bits per heavy atom. The molecule has 0 saturated carbocycles. The fourth-order valence-electron chi connectivity index (χ4n) is 2.98. The van der Waals surface area contributed by atoms with E-state index in [2.05, 4.69) is 12.2 Å². The van der Waals surface area contributed by atoms with E-state index >= 15 is 0 Å². The van der Waals surface area contributed by atoms with E-state index in [9.17, 15) is 25.2 Å². The maximum absolute atomic E-state index is 11.4. The van der Waals surface area contributed by atoms with Gasteiger partial charge < -0.3 is 40.0 Å². The van der Waals surface area contributed by atoms with Crippen molar-refractivity contribution >= 4 is 11.7 Å². The van der Waals surface area contributed by atoms with Crippen molar-refractivity contribution in [3.05, 3.63) is 23.8 Å². The second kappa shape index (κ2) is 10.4. The summed E-state index contributed by atoms with van der Waals surface area (Å²) in [6.07, 6.45) is -6.70. The highest BCUT2D eigenvalue weighted by Gasteiger charge is 2.48. The molecule has 1 aliphatic rings. The van der Waals surface area contributed by atoms with Gasteiger partial charge in [-0.2, -0.15) is 0 Å². The van der Waals surface area contributed by atoms with E-state index in [4.69, 9.17) is 14.2 Å². The molecule has 5 unspecified atom stereocenters. The Bertz CT molecular complexity index is 781. The molecule has 32 heavy (non-hydrogen) atoms. The lowest BCUT2D eigenvalue weighted by atomic mass is 9.99. The number of hydrogen-bond donors (Lipinski definition) is 5. The Labute approximate surface area is 189 Å². The van der Waals surface area contributed by atoms with Crippen molar-refractivity contribution in [3.8, 4) is 5.75 Å². The van der Waals surface area contributed by atoms with Crippen molar-refractivity contribution in [2.24, 2.45) is 0 Å². The molecule has 0 amide bonds. The average molecular weight is 456 g/mol. The summed E-state index contributed by atoms with van der Waals surface area (Å²) in [6.45, 7) is 12.6. The standard InChI is InChI=1S/C23H37NO8/c1-7-22(3,4)24-14-11-13(12-30-23(5,6)8-2)9-10-15(14)31-21-18(27)16(25)17(26)19(32-21)20(28)29/h9-11,16-19,21,24-27H,7-8,12H2,1-6H3,(H,28,29). The number of aliphatic carboxylic acids is 1. The number of hydrogen-bond acceptors (Lipinski definition) is 8. The molecular formula is C23H37NO8. The number of aliphatic hydroxyl groups excluding tert-OH is 3. The summed E-state index contributed by atoms with van der Waals surface area (Å²) in [4.78, 5) is 11.4. The fourth-order valence-corrected chi connectivity index (χ4v) is 2.98. The van der Waals surface area contributed by atoms with E-state index in [1.807, 2.05) is 40.7 Å². The molecule has 9 nitrogen and oxygen atoms in total. The van der Waals surface area contributed by atoms with E-state index < -0.39 is 36.7 Å². The number of aliphatic hydroxyl groups is 3. The van der Waals surface area contributed by atoms with E-state index in [0.29, 0.717) is 18.0 Å². The third kappa shape index (κ3) is 6.55. The van der Waals surface area contributed by atoms with Gasteiger partial charge in [0.25, 0.3) is 0 Å². The lowest BCUT2D eigenvalue weighted by Gasteiger charge is -2.39. The number of benzene rings is 1. The second-order valence-electron chi connectivity index (χ2n) is 9.45. The minimum atomic E-state index is -1.78. The average Bonchev–Trinajstić information content (AvgIpc) is 2.73. The van der Waals surface area contributed by atoms with Crippen LogP contribution in [0.5, 0.6) is 5.75 Å². The molecule has 1 aromatic rings. The van der Waals surface area contributed by atoms with Gasteiger partial charge in [0, 0.05) is 5.54 Å². The highest BCUT2D eigenvalue weighted by Crippen LogP contribution is 2.33. The van der Waals surface area contributed by atoms with Crippen LogP contribution in [0.3, 0.4) is 0 Å². The molecule has 0 spiro atoms. The van der Waals surface area contributed by atoms with Crippen LogP contribution in [-0.4, -0.2) is 68.2 Å². The van der Waals surface area contributed by atoms with E-state index in [0.717, 1.165) is 18.4 Å². The van der Waals surface area contributed by atoms with Gasteiger partial charge in [0.2, 0.25) is 6.29 Å². The molecule has 9 heteroatoms. The first kappa shape index (κ1) is 26.3. The molecule has 1 aliphatic heterocycles. The molecule has 5 N–H and O–H groups in total. The molecule has 1 heterocycles. The Morgan fingerprint density at radius 2 is 1.72 bits per heavy atom. The Morgan fingerprint density at radius 1 is 1.06 bits per heavy atom. The van der Waals surface area contributed by atoms with Gasteiger partial charge in [-0.25, -0.2) is 4.79 Å². The van der Waals surface area contributed by atoms with Crippen LogP contribution >= 0.6 is 0 Å². The normalized spacial score (nSPS) is 26.6. The minimum Gasteiger partial charge on any atom is -0.479 e. The summed E-state index contributed by atoms with van der Waals surface area (Å²) in [7, 11) is 0. The number of ether oxygens (including phenoxy) is 3. The van der Waals surface area contributed by atoms with Crippen LogP contribution < -0.4 is 10.1 Å². The van der Waals surface area contributed by atoms with Crippen LogP contribution in [0.25, 0.3) is 0 Å². The lowest BCUT2D eigenvalue weighted by molar-refractivity contribution is -0.271. The molecule has 0 bridgehead atoms. The van der Waals surface area contributed by atoms with Crippen LogP contribution in [0.4, 0.5) is 5.69 Å². The number of carbonyl (C=O) groups is 1. The Hall–Kier alpha value is -1.91. The van der Waals surface area contributed by atoms with Crippen LogP contribution in [0.15, 0.2) is 18.2 Å². The largest absolute Gasteiger partial charge is 0.479 e. The van der Waals surface area contributed by atoms with Crippen molar-refractivity contribution in [2.45, 2.75) is 103 Å². The lowest BCUT2D eigenvalue weighted by Crippen LogP contribution is -2.61. The molecule has 1 aromatic carbocycles. The molecule has 2 rings (SSSR count). The first-order valence-corrected chi connectivity index (χ1v) is 10.9. The molecule has 1 fully saturated rings. The van der Waals surface area contributed by atoms with Gasteiger partial charge >= 0.3 is 5.97 Å². The third-order valence-electron chi connectivity index (χ3n) is 5.94. The number of rotatable bonds is 10. The quantitative estimate of drug-likeness (QED) is 0.360. The summed E-state index contributed by atoms with van der Waals surface area (Å²) in [5.74, 6) is -1.16. The third-order valence-corrected chi connectivity index (χ3v) is 5.94. The molecule has 0 aromatic heterocycles. The summed E-state index contributed by atoms with van der Waals surface area (Å²) in [5.41, 5.74) is 0.952. The molecule has 5 atom stereocenters. The van der Waals surface area contributed by atoms with E-state index in [-0.39, 0.29) is 11.1 Å².